The minimum absolute atomic E-state index is 0.0658. The molecule has 2 amide bonds. The van der Waals surface area contributed by atoms with Gasteiger partial charge in [0.2, 0.25) is 11.8 Å². The zero-order valence-corrected chi connectivity index (χ0v) is 25.8. The van der Waals surface area contributed by atoms with Crippen LogP contribution in [-0.2, 0) is 32.6 Å². The molecule has 1 aliphatic heterocycles. The molecule has 43 heavy (non-hydrogen) atoms. The van der Waals surface area contributed by atoms with Crippen LogP contribution in [0.3, 0.4) is 0 Å². The summed E-state index contributed by atoms with van der Waals surface area (Å²) in [7, 11) is -3.73. The molecule has 0 aliphatic carbocycles. The quantitative estimate of drug-likeness (QED) is 0.177. The van der Waals surface area contributed by atoms with Crippen molar-refractivity contribution < 1.29 is 18.0 Å². The number of anilines is 1. The van der Waals surface area contributed by atoms with Crippen molar-refractivity contribution in [1.82, 2.24) is 10.2 Å². The molecule has 1 aliphatic rings. The van der Waals surface area contributed by atoms with Crippen molar-refractivity contribution in [1.29, 1.82) is 0 Å². The van der Waals surface area contributed by atoms with Gasteiger partial charge < -0.3 is 10.2 Å². The van der Waals surface area contributed by atoms with Crippen LogP contribution in [0.4, 0.5) is 5.69 Å². The van der Waals surface area contributed by atoms with E-state index in [1.165, 1.54) is 4.31 Å². The molecule has 1 N–H and O–H groups in total. The number of nitrogens with one attached hydrogen (secondary N) is 1. The number of sulfonamides is 1. The molecular formula is C34H36ClN3O4S. The van der Waals surface area contributed by atoms with Gasteiger partial charge in [0.15, 0.2) is 0 Å². The van der Waals surface area contributed by atoms with E-state index in [4.69, 9.17) is 11.6 Å². The number of carbonyl (C=O) groups is 2. The number of benzene rings is 4. The molecule has 7 nitrogen and oxygen atoms in total. The summed E-state index contributed by atoms with van der Waals surface area (Å²) in [6, 6.07) is 27.0. The van der Waals surface area contributed by atoms with E-state index in [1.54, 1.807) is 29.2 Å². The first-order valence-electron chi connectivity index (χ1n) is 14.7. The summed E-state index contributed by atoms with van der Waals surface area (Å²) in [5.41, 5.74) is 2.30. The predicted octanol–water partition coefficient (Wildman–Crippen LogP) is 6.34. The molecule has 4 aromatic carbocycles. The number of hydrogen-bond donors (Lipinski definition) is 1. The number of carbonyl (C=O) groups excluding carboxylic acids is 2. The van der Waals surface area contributed by atoms with Gasteiger partial charge in [-0.3, -0.25) is 13.9 Å². The van der Waals surface area contributed by atoms with Crippen molar-refractivity contribution in [2.24, 2.45) is 0 Å². The third kappa shape index (κ3) is 6.71. The number of nitrogens with zero attached hydrogens (tertiary/aromatic N) is 2. The minimum atomic E-state index is -3.73. The van der Waals surface area contributed by atoms with Gasteiger partial charge >= 0.3 is 0 Å². The molecular weight excluding hydrogens is 582 g/mol. The van der Waals surface area contributed by atoms with E-state index in [9.17, 15) is 18.0 Å². The van der Waals surface area contributed by atoms with Crippen LogP contribution in [0.25, 0.3) is 10.8 Å². The average Bonchev–Trinajstić information content (AvgIpc) is 3.23. The van der Waals surface area contributed by atoms with Gasteiger partial charge in [0.25, 0.3) is 10.0 Å². The first kappa shape index (κ1) is 30.6. The Hall–Kier alpha value is -3.88. The van der Waals surface area contributed by atoms with Crippen molar-refractivity contribution in [3.8, 4) is 0 Å². The van der Waals surface area contributed by atoms with E-state index in [1.807, 2.05) is 66.7 Å². The minimum Gasteiger partial charge on any atom is -0.354 e. The van der Waals surface area contributed by atoms with E-state index in [-0.39, 0.29) is 37.7 Å². The normalized spacial score (nSPS) is 14.0. The van der Waals surface area contributed by atoms with Crippen LogP contribution < -0.4 is 9.62 Å². The Labute approximate surface area is 258 Å². The van der Waals surface area contributed by atoms with Crippen LogP contribution in [-0.4, -0.2) is 44.3 Å². The smallest absolute Gasteiger partial charge is 0.265 e. The Morgan fingerprint density at radius 1 is 0.907 bits per heavy atom. The van der Waals surface area contributed by atoms with Crippen LogP contribution in [0.1, 0.15) is 43.7 Å². The molecule has 0 unspecified atom stereocenters. The van der Waals surface area contributed by atoms with Crippen molar-refractivity contribution >= 4 is 49.9 Å². The average molecular weight is 618 g/mol. The highest BCUT2D eigenvalue weighted by Crippen LogP contribution is 2.42. The number of unbranched alkanes of at least 4 members (excludes halogenated alkanes) is 1. The van der Waals surface area contributed by atoms with Crippen LogP contribution in [0.2, 0.25) is 5.02 Å². The summed E-state index contributed by atoms with van der Waals surface area (Å²) in [6.45, 7) is 2.88. The zero-order chi connectivity index (χ0) is 30.4. The second-order valence-corrected chi connectivity index (χ2v) is 13.0. The summed E-state index contributed by atoms with van der Waals surface area (Å²) < 4.78 is 28.3. The van der Waals surface area contributed by atoms with Gasteiger partial charge in [-0.2, -0.15) is 0 Å². The molecule has 9 heteroatoms. The third-order valence-electron chi connectivity index (χ3n) is 7.83. The van der Waals surface area contributed by atoms with Crippen molar-refractivity contribution in [3.05, 3.63) is 107 Å². The van der Waals surface area contributed by atoms with Crippen LogP contribution >= 0.6 is 11.6 Å². The SMILES string of the molecule is CCCCNC(=O)[C@@H](Cc1ccccc1)N(Cc1ccccc1Cl)C(=O)CCCN1c2cccc3cccc(c23)S1(=O)=O. The highest BCUT2D eigenvalue weighted by atomic mass is 35.5. The summed E-state index contributed by atoms with van der Waals surface area (Å²) in [5.74, 6) is -0.458. The molecule has 1 heterocycles. The lowest BCUT2D eigenvalue weighted by atomic mass is 10.0. The molecule has 5 rings (SSSR count). The Kier molecular flexibility index (Phi) is 9.68. The summed E-state index contributed by atoms with van der Waals surface area (Å²) in [5, 5.41) is 5.11. The number of rotatable bonds is 13. The van der Waals surface area contributed by atoms with Gasteiger partial charge in [0.1, 0.15) is 6.04 Å². The Balaban J connectivity index is 1.39. The Bertz CT molecular complexity index is 1710. The van der Waals surface area contributed by atoms with Gasteiger partial charge in [0, 0.05) is 42.9 Å². The van der Waals surface area contributed by atoms with E-state index in [0.29, 0.717) is 34.0 Å². The molecule has 0 fully saturated rings. The molecule has 4 aromatic rings. The molecule has 0 spiro atoms. The fraction of sp³-hybridized carbons (Fsp3) is 0.294. The van der Waals surface area contributed by atoms with Crippen LogP contribution in [0.5, 0.6) is 0 Å². The standard InChI is InChI=1S/C34H36ClN3O4S/c1-2-3-21-36-34(40)30(23-25-12-5-4-6-13-25)37(24-27-14-7-8-17-28(27)35)32(39)20-11-22-38-29-18-9-15-26-16-10-19-31(33(26)29)43(38,41)42/h4-10,12-19,30H,2-3,11,20-24H2,1H3,(H,36,40)/t30-/m1/s1. The third-order valence-corrected chi connectivity index (χ3v) is 10.1. The van der Waals surface area contributed by atoms with Crippen molar-refractivity contribution in [2.75, 3.05) is 17.4 Å². The highest BCUT2D eigenvalue weighted by molar-refractivity contribution is 7.93. The topological polar surface area (TPSA) is 86.8 Å². The molecule has 0 aromatic heterocycles. The highest BCUT2D eigenvalue weighted by Gasteiger charge is 2.36. The predicted molar refractivity (Wildman–Crippen MR) is 172 cm³/mol. The van der Waals surface area contributed by atoms with E-state index in [0.717, 1.165) is 29.4 Å². The maximum absolute atomic E-state index is 14.0. The first-order chi connectivity index (χ1) is 20.8. The maximum atomic E-state index is 14.0. The molecule has 0 radical (unpaired) electrons. The van der Waals surface area contributed by atoms with Gasteiger partial charge in [-0.1, -0.05) is 97.7 Å². The van der Waals surface area contributed by atoms with Crippen molar-refractivity contribution in [3.63, 3.8) is 0 Å². The van der Waals surface area contributed by atoms with E-state index < -0.39 is 16.1 Å². The lowest BCUT2D eigenvalue weighted by molar-refractivity contribution is -0.141. The first-order valence-corrected chi connectivity index (χ1v) is 16.5. The van der Waals surface area contributed by atoms with Crippen molar-refractivity contribution in [2.45, 2.75) is 56.5 Å². The van der Waals surface area contributed by atoms with Crippen LogP contribution in [0, 0.1) is 0 Å². The van der Waals surface area contributed by atoms with E-state index in [2.05, 4.69) is 12.2 Å². The molecule has 0 saturated heterocycles. The zero-order valence-electron chi connectivity index (χ0n) is 24.2. The number of amides is 2. The maximum Gasteiger partial charge on any atom is 0.265 e. The molecule has 0 bridgehead atoms. The fourth-order valence-corrected chi connectivity index (χ4v) is 7.53. The second-order valence-electron chi connectivity index (χ2n) is 10.8. The van der Waals surface area contributed by atoms with Gasteiger partial charge in [0.05, 0.1) is 10.6 Å². The Morgan fingerprint density at radius 3 is 2.37 bits per heavy atom. The van der Waals surface area contributed by atoms with Crippen LogP contribution in [0.15, 0.2) is 95.9 Å². The summed E-state index contributed by atoms with van der Waals surface area (Å²) >= 11 is 6.51. The molecule has 0 saturated carbocycles. The number of hydrogen-bond acceptors (Lipinski definition) is 4. The second kappa shape index (κ2) is 13.6. The lowest BCUT2D eigenvalue weighted by Gasteiger charge is -2.32. The fourth-order valence-electron chi connectivity index (χ4n) is 5.59. The monoisotopic (exact) mass is 617 g/mol. The van der Waals surface area contributed by atoms with E-state index >= 15 is 0 Å². The van der Waals surface area contributed by atoms with Gasteiger partial charge in [-0.05, 0) is 47.6 Å². The Morgan fingerprint density at radius 2 is 1.63 bits per heavy atom. The largest absolute Gasteiger partial charge is 0.354 e. The summed E-state index contributed by atoms with van der Waals surface area (Å²) in [6.07, 6.45) is 2.46. The molecule has 1 atom stereocenters. The van der Waals surface area contributed by atoms with Gasteiger partial charge in [-0.25, -0.2) is 8.42 Å². The lowest BCUT2D eigenvalue weighted by Crippen LogP contribution is -2.50. The van der Waals surface area contributed by atoms with Gasteiger partial charge in [-0.15, -0.1) is 0 Å². The number of halogens is 1. The summed E-state index contributed by atoms with van der Waals surface area (Å²) in [4.78, 5) is 29.5. The molecule has 224 valence electrons.